The van der Waals surface area contributed by atoms with E-state index in [9.17, 15) is 9.59 Å². The highest BCUT2D eigenvalue weighted by Gasteiger charge is 2.23. The summed E-state index contributed by atoms with van der Waals surface area (Å²) in [6.07, 6.45) is 5.96. The molecule has 2 aromatic heterocycles. The number of anilines is 2. The van der Waals surface area contributed by atoms with E-state index in [1.807, 2.05) is 24.3 Å². The Morgan fingerprint density at radius 3 is 2.31 bits per heavy atom. The van der Waals surface area contributed by atoms with Crippen molar-refractivity contribution in [2.75, 3.05) is 36.4 Å². The molecule has 3 aromatic rings. The van der Waals surface area contributed by atoms with Crippen LogP contribution in [-0.4, -0.2) is 48.0 Å². The van der Waals surface area contributed by atoms with Crippen LogP contribution < -0.4 is 15.5 Å². The predicted octanol–water partition coefficient (Wildman–Crippen LogP) is 3.36. The molecular weight excluding hydrogens is 428 g/mol. The van der Waals surface area contributed by atoms with Crippen molar-refractivity contribution >= 4 is 46.6 Å². The number of furan rings is 2. The Morgan fingerprint density at radius 1 is 0.938 bits per heavy atom. The molecule has 32 heavy (non-hydrogen) atoms. The molecule has 9 heteroatoms. The van der Waals surface area contributed by atoms with E-state index in [4.69, 9.17) is 21.1 Å². The Bertz CT molecular complexity index is 1080. The van der Waals surface area contributed by atoms with Gasteiger partial charge in [0, 0.05) is 43.6 Å². The van der Waals surface area contributed by atoms with Gasteiger partial charge in [0.25, 0.3) is 5.91 Å². The summed E-state index contributed by atoms with van der Waals surface area (Å²) in [5, 5.41) is 5.79. The van der Waals surface area contributed by atoms with Gasteiger partial charge < -0.3 is 24.0 Å². The van der Waals surface area contributed by atoms with Crippen molar-refractivity contribution in [2.24, 2.45) is 0 Å². The van der Waals surface area contributed by atoms with Crippen molar-refractivity contribution in [3.8, 4) is 0 Å². The normalized spacial score (nSPS) is 13.9. The van der Waals surface area contributed by atoms with E-state index in [-0.39, 0.29) is 16.9 Å². The van der Waals surface area contributed by atoms with E-state index < -0.39 is 0 Å². The summed E-state index contributed by atoms with van der Waals surface area (Å²) in [6, 6.07) is 14.6. The molecule has 3 heterocycles. The highest BCUT2D eigenvalue weighted by Crippen LogP contribution is 2.20. The van der Waals surface area contributed by atoms with Crippen LogP contribution in [0.1, 0.15) is 16.3 Å². The second-order valence-electron chi connectivity index (χ2n) is 7.10. The van der Waals surface area contributed by atoms with Crippen molar-refractivity contribution in [1.29, 1.82) is 0 Å². The maximum absolute atomic E-state index is 12.4. The third kappa shape index (κ3) is 5.44. The van der Waals surface area contributed by atoms with Gasteiger partial charge in [0.05, 0.1) is 12.5 Å². The Labute approximate surface area is 190 Å². The molecule has 0 atom stereocenters. The van der Waals surface area contributed by atoms with Gasteiger partial charge in [0.2, 0.25) is 5.91 Å². The smallest absolute Gasteiger partial charge is 0.289 e. The second-order valence-corrected chi connectivity index (χ2v) is 7.50. The number of amides is 2. The predicted molar refractivity (Wildman–Crippen MR) is 125 cm³/mol. The maximum atomic E-state index is 12.4. The molecule has 1 aliphatic heterocycles. The number of hydrogen-bond acceptors (Lipinski definition) is 6. The monoisotopic (exact) mass is 450 g/mol. The van der Waals surface area contributed by atoms with Gasteiger partial charge in [0.15, 0.2) is 10.9 Å². The summed E-state index contributed by atoms with van der Waals surface area (Å²) in [5.41, 5.74) is 1.82. The van der Waals surface area contributed by atoms with Crippen LogP contribution in [0.3, 0.4) is 0 Å². The third-order valence-corrected chi connectivity index (χ3v) is 5.17. The Kier molecular flexibility index (Phi) is 6.66. The van der Waals surface area contributed by atoms with Gasteiger partial charge in [-0.3, -0.25) is 14.9 Å². The molecule has 1 aliphatic rings. The summed E-state index contributed by atoms with van der Waals surface area (Å²) >= 11 is 5.20. The molecule has 1 saturated heterocycles. The molecule has 2 amide bonds. The van der Waals surface area contributed by atoms with Crippen LogP contribution in [0.25, 0.3) is 6.08 Å². The van der Waals surface area contributed by atoms with Crippen LogP contribution in [-0.2, 0) is 4.79 Å². The molecule has 4 rings (SSSR count). The van der Waals surface area contributed by atoms with Gasteiger partial charge in [-0.05, 0) is 66.8 Å². The van der Waals surface area contributed by atoms with Gasteiger partial charge >= 0.3 is 0 Å². The van der Waals surface area contributed by atoms with Gasteiger partial charge in [-0.1, -0.05) is 0 Å². The number of piperazine rings is 1. The zero-order valence-corrected chi connectivity index (χ0v) is 18.0. The molecule has 0 spiro atoms. The summed E-state index contributed by atoms with van der Waals surface area (Å²) in [7, 11) is 0. The summed E-state index contributed by atoms with van der Waals surface area (Å²) in [4.78, 5) is 28.3. The molecule has 164 valence electrons. The Morgan fingerprint density at radius 2 is 1.66 bits per heavy atom. The van der Waals surface area contributed by atoms with Crippen molar-refractivity contribution in [3.63, 3.8) is 0 Å². The molecule has 0 saturated carbocycles. The van der Waals surface area contributed by atoms with Gasteiger partial charge in [-0.15, -0.1) is 0 Å². The number of benzene rings is 1. The minimum Gasteiger partial charge on any atom is -0.465 e. The fourth-order valence-corrected chi connectivity index (χ4v) is 3.56. The first-order valence-corrected chi connectivity index (χ1v) is 10.5. The number of nitrogens with zero attached hydrogens (tertiary/aromatic N) is 2. The lowest BCUT2D eigenvalue weighted by Crippen LogP contribution is -2.48. The Hall–Kier alpha value is -3.85. The standard InChI is InChI=1S/C23H22N4O4S/c28-21(10-9-19-3-1-15-30-19)25-23(32)24-17-5-7-18(8-6-17)26-11-13-27(14-12-26)22(29)20-4-2-16-31-20/h1-10,15-16H,11-14H2,(H2,24,25,28,32)/b10-9+. The zero-order chi connectivity index (χ0) is 22.3. The number of thiocarbonyl (C=S) groups is 1. The number of carbonyl (C=O) groups is 2. The van der Waals surface area contributed by atoms with Crippen LogP contribution >= 0.6 is 12.2 Å². The lowest BCUT2D eigenvalue weighted by molar-refractivity contribution is -0.115. The van der Waals surface area contributed by atoms with Crippen molar-refractivity contribution < 1.29 is 18.4 Å². The SMILES string of the molecule is O=C(/C=C/c1ccco1)NC(=S)Nc1ccc(N2CCN(C(=O)c3ccco3)CC2)cc1. The highest BCUT2D eigenvalue weighted by atomic mass is 32.1. The van der Waals surface area contributed by atoms with Crippen LogP contribution in [0, 0.1) is 0 Å². The first kappa shape index (κ1) is 21.4. The van der Waals surface area contributed by atoms with Crippen molar-refractivity contribution in [3.05, 3.63) is 78.7 Å². The van der Waals surface area contributed by atoms with E-state index in [2.05, 4.69) is 15.5 Å². The molecule has 8 nitrogen and oxygen atoms in total. The summed E-state index contributed by atoms with van der Waals surface area (Å²) in [6.45, 7) is 2.72. The molecular formula is C23H22N4O4S. The van der Waals surface area contributed by atoms with E-state index >= 15 is 0 Å². The van der Waals surface area contributed by atoms with Crippen molar-refractivity contribution in [1.82, 2.24) is 10.2 Å². The van der Waals surface area contributed by atoms with Crippen LogP contribution in [0.5, 0.6) is 0 Å². The fraction of sp³-hybridized carbons (Fsp3) is 0.174. The lowest BCUT2D eigenvalue weighted by Gasteiger charge is -2.35. The topological polar surface area (TPSA) is 91.0 Å². The number of carbonyl (C=O) groups excluding carboxylic acids is 2. The number of nitrogens with one attached hydrogen (secondary N) is 2. The van der Waals surface area contributed by atoms with E-state index in [0.717, 1.165) is 24.5 Å². The zero-order valence-electron chi connectivity index (χ0n) is 17.2. The average molecular weight is 451 g/mol. The molecule has 0 unspecified atom stereocenters. The van der Waals surface area contributed by atoms with Crippen molar-refractivity contribution in [2.45, 2.75) is 0 Å². The highest BCUT2D eigenvalue weighted by molar-refractivity contribution is 7.80. The maximum Gasteiger partial charge on any atom is 0.289 e. The molecule has 2 N–H and O–H groups in total. The fourth-order valence-electron chi connectivity index (χ4n) is 3.34. The second kappa shape index (κ2) is 9.97. The van der Waals surface area contributed by atoms with E-state index in [1.54, 1.807) is 35.2 Å². The molecule has 0 aliphatic carbocycles. The first-order valence-electron chi connectivity index (χ1n) is 10.1. The molecule has 1 aromatic carbocycles. The van der Waals surface area contributed by atoms with Crippen LogP contribution in [0.2, 0.25) is 0 Å². The molecule has 0 bridgehead atoms. The summed E-state index contributed by atoms with van der Waals surface area (Å²) < 4.78 is 10.3. The van der Waals surface area contributed by atoms with Crippen LogP contribution in [0.4, 0.5) is 11.4 Å². The number of hydrogen-bond donors (Lipinski definition) is 2. The minimum atomic E-state index is -0.350. The van der Waals surface area contributed by atoms with Gasteiger partial charge in [-0.2, -0.15) is 0 Å². The quantitative estimate of drug-likeness (QED) is 0.455. The van der Waals surface area contributed by atoms with E-state index in [1.165, 1.54) is 18.6 Å². The largest absolute Gasteiger partial charge is 0.465 e. The van der Waals surface area contributed by atoms with Crippen LogP contribution in [0.15, 0.2) is 76.0 Å². The van der Waals surface area contributed by atoms with Gasteiger partial charge in [-0.25, -0.2) is 0 Å². The average Bonchev–Trinajstić information content (AvgIpc) is 3.52. The summed E-state index contributed by atoms with van der Waals surface area (Å²) in [5.74, 6) is 0.524. The molecule has 1 fully saturated rings. The Balaban J connectivity index is 1.25. The minimum absolute atomic E-state index is 0.0798. The third-order valence-electron chi connectivity index (χ3n) is 4.97. The van der Waals surface area contributed by atoms with Gasteiger partial charge in [0.1, 0.15) is 5.76 Å². The number of rotatable bonds is 5. The molecule has 0 radical (unpaired) electrons. The van der Waals surface area contributed by atoms with E-state index in [0.29, 0.717) is 24.6 Å². The lowest BCUT2D eigenvalue weighted by atomic mass is 10.2. The first-order chi connectivity index (χ1) is 15.6.